The molecular formula is C27H32O5. The highest BCUT2D eigenvalue weighted by Gasteiger charge is 2.31. The van der Waals surface area contributed by atoms with Crippen LogP contribution in [0.5, 0.6) is 11.5 Å². The lowest BCUT2D eigenvalue weighted by molar-refractivity contribution is -0.112. The Labute approximate surface area is 189 Å². The molecule has 0 spiro atoms. The number of fused-ring (bicyclic) bond motifs is 1. The number of Topliss-reactive ketones (excluding diaryl/α,β-unsaturated/α-hetero) is 2. The molecule has 0 saturated carbocycles. The molecule has 3 rings (SSSR count). The first-order valence-electron chi connectivity index (χ1n) is 11.0. The molecule has 0 saturated heterocycles. The van der Waals surface area contributed by atoms with Gasteiger partial charge in [0.05, 0.1) is 0 Å². The largest absolute Gasteiger partial charge is 0.508 e. The molecule has 0 bridgehead atoms. The fourth-order valence-corrected chi connectivity index (χ4v) is 3.42. The van der Waals surface area contributed by atoms with E-state index in [1.165, 1.54) is 25.3 Å². The summed E-state index contributed by atoms with van der Waals surface area (Å²) < 4.78 is 0. The quantitative estimate of drug-likeness (QED) is 0.269. The van der Waals surface area contributed by atoms with Gasteiger partial charge in [0.1, 0.15) is 17.3 Å². The summed E-state index contributed by atoms with van der Waals surface area (Å²) in [7, 11) is 0. The van der Waals surface area contributed by atoms with Crippen LogP contribution in [0, 0.1) is 0 Å². The lowest BCUT2D eigenvalue weighted by Crippen LogP contribution is -2.23. The van der Waals surface area contributed by atoms with Crippen molar-refractivity contribution in [1.82, 2.24) is 0 Å². The van der Waals surface area contributed by atoms with Gasteiger partial charge in [-0.05, 0) is 44.7 Å². The molecule has 0 radical (unpaired) electrons. The minimum atomic E-state index is -0.608. The Morgan fingerprint density at radius 1 is 0.875 bits per heavy atom. The van der Waals surface area contributed by atoms with Gasteiger partial charge in [0.2, 0.25) is 11.6 Å². The predicted molar refractivity (Wildman–Crippen MR) is 127 cm³/mol. The summed E-state index contributed by atoms with van der Waals surface area (Å²) in [4.78, 5) is 23.8. The van der Waals surface area contributed by atoms with E-state index in [9.17, 15) is 19.8 Å². The van der Waals surface area contributed by atoms with Crippen molar-refractivity contribution in [3.63, 3.8) is 0 Å². The molecule has 5 heteroatoms. The van der Waals surface area contributed by atoms with Crippen LogP contribution in [0.25, 0.3) is 5.76 Å². The maximum absolute atomic E-state index is 11.9. The normalized spacial score (nSPS) is 12.7. The molecule has 0 aromatic heterocycles. The molecule has 3 N–H and O–H groups in total. The fraction of sp³-hybridized carbons (Fsp3) is 0.333. The number of allylic oxidation sites excluding steroid dienone is 3. The Bertz CT molecular complexity index is 1030. The summed E-state index contributed by atoms with van der Waals surface area (Å²) in [5.74, 6) is -0.890. The maximum atomic E-state index is 11.9. The molecule has 0 unspecified atom stereocenters. The van der Waals surface area contributed by atoms with Gasteiger partial charge in [0.25, 0.3) is 0 Å². The van der Waals surface area contributed by atoms with Crippen LogP contribution >= 0.6 is 0 Å². The molecule has 0 amide bonds. The van der Waals surface area contributed by atoms with Crippen molar-refractivity contribution >= 4 is 17.3 Å². The van der Waals surface area contributed by atoms with Crippen LogP contribution in [0.3, 0.4) is 0 Å². The van der Waals surface area contributed by atoms with Crippen LogP contribution < -0.4 is 0 Å². The molecule has 5 nitrogen and oxygen atoms in total. The topological polar surface area (TPSA) is 94.8 Å². The highest BCUT2D eigenvalue weighted by atomic mass is 16.3. The SMILES string of the molecule is CC(C)=CCC1=C(O)c2ccccc2C(=O)C1=O.CCCCCCc1ccc(O)cc1O. The van der Waals surface area contributed by atoms with E-state index in [0.29, 0.717) is 5.56 Å². The first-order chi connectivity index (χ1) is 15.3. The molecule has 1 aliphatic rings. The van der Waals surface area contributed by atoms with E-state index in [-0.39, 0.29) is 34.8 Å². The Morgan fingerprint density at radius 3 is 2.19 bits per heavy atom. The molecule has 2 aromatic rings. The average molecular weight is 437 g/mol. The third-order valence-corrected chi connectivity index (χ3v) is 5.28. The lowest BCUT2D eigenvalue weighted by Gasteiger charge is -2.16. The second-order valence-corrected chi connectivity index (χ2v) is 8.14. The van der Waals surface area contributed by atoms with Gasteiger partial charge in [-0.15, -0.1) is 0 Å². The van der Waals surface area contributed by atoms with Crippen molar-refractivity contribution < 1.29 is 24.9 Å². The number of phenolic OH excluding ortho intramolecular Hbond substituents is 2. The Hall–Kier alpha value is -3.34. The summed E-state index contributed by atoms with van der Waals surface area (Å²) in [6.07, 6.45) is 7.78. The minimum absolute atomic E-state index is 0.0762. The summed E-state index contributed by atoms with van der Waals surface area (Å²) in [5, 5.41) is 28.7. The highest BCUT2D eigenvalue weighted by molar-refractivity contribution is 6.52. The highest BCUT2D eigenvalue weighted by Crippen LogP contribution is 2.29. The Morgan fingerprint density at radius 2 is 1.56 bits per heavy atom. The van der Waals surface area contributed by atoms with Gasteiger partial charge in [-0.2, -0.15) is 0 Å². The molecule has 1 aliphatic carbocycles. The van der Waals surface area contributed by atoms with Crippen LogP contribution in [0.4, 0.5) is 0 Å². The second-order valence-electron chi connectivity index (χ2n) is 8.14. The van der Waals surface area contributed by atoms with Gasteiger partial charge in [-0.25, -0.2) is 0 Å². The number of aliphatic hydroxyl groups excluding tert-OH is 1. The number of phenols is 2. The van der Waals surface area contributed by atoms with E-state index in [1.54, 1.807) is 36.4 Å². The van der Waals surface area contributed by atoms with Crippen molar-refractivity contribution in [2.24, 2.45) is 0 Å². The van der Waals surface area contributed by atoms with Crippen LogP contribution in [0.2, 0.25) is 0 Å². The number of hydrogen-bond donors (Lipinski definition) is 3. The van der Waals surface area contributed by atoms with Crippen molar-refractivity contribution in [2.45, 2.75) is 59.3 Å². The van der Waals surface area contributed by atoms with E-state index >= 15 is 0 Å². The van der Waals surface area contributed by atoms with Crippen LogP contribution in [0.15, 0.2) is 59.7 Å². The van der Waals surface area contributed by atoms with Crippen molar-refractivity contribution in [3.8, 4) is 11.5 Å². The molecule has 170 valence electrons. The van der Waals surface area contributed by atoms with Crippen molar-refractivity contribution in [3.05, 3.63) is 76.4 Å². The number of benzene rings is 2. The van der Waals surface area contributed by atoms with Crippen molar-refractivity contribution in [2.75, 3.05) is 0 Å². The number of aliphatic hydroxyl groups is 1. The molecule has 0 atom stereocenters. The van der Waals surface area contributed by atoms with E-state index in [0.717, 1.165) is 24.0 Å². The lowest BCUT2D eigenvalue weighted by atomic mass is 9.87. The monoisotopic (exact) mass is 436 g/mol. The Kier molecular flexibility index (Phi) is 9.26. The summed E-state index contributed by atoms with van der Waals surface area (Å²) in [5.41, 5.74) is 2.87. The summed E-state index contributed by atoms with van der Waals surface area (Å²) in [6, 6.07) is 11.4. The third-order valence-electron chi connectivity index (χ3n) is 5.28. The van der Waals surface area contributed by atoms with Crippen molar-refractivity contribution in [1.29, 1.82) is 0 Å². The summed E-state index contributed by atoms with van der Waals surface area (Å²) in [6.45, 7) is 5.99. The maximum Gasteiger partial charge on any atom is 0.234 e. The first kappa shape index (κ1) is 24.9. The zero-order valence-electron chi connectivity index (χ0n) is 19.0. The van der Waals surface area contributed by atoms with Gasteiger partial charge in [-0.3, -0.25) is 9.59 Å². The average Bonchev–Trinajstić information content (AvgIpc) is 2.76. The van der Waals surface area contributed by atoms with Gasteiger partial charge < -0.3 is 15.3 Å². The van der Waals surface area contributed by atoms with Crippen LogP contribution in [0.1, 0.15) is 74.4 Å². The van der Waals surface area contributed by atoms with Crippen LogP contribution in [-0.2, 0) is 11.2 Å². The zero-order chi connectivity index (χ0) is 23.7. The molecular weight excluding hydrogens is 404 g/mol. The summed E-state index contributed by atoms with van der Waals surface area (Å²) >= 11 is 0. The molecule has 2 aromatic carbocycles. The molecule has 0 heterocycles. The smallest absolute Gasteiger partial charge is 0.234 e. The fourth-order valence-electron chi connectivity index (χ4n) is 3.42. The molecule has 0 aliphatic heterocycles. The third kappa shape index (κ3) is 6.58. The Balaban J connectivity index is 0.000000235. The number of hydrogen-bond acceptors (Lipinski definition) is 5. The molecule has 0 fully saturated rings. The first-order valence-corrected chi connectivity index (χ1v) is 11.0. The number of aromatic hydroxyl groups is 2. The number of carbonyl (C=O) groups is 2. The van der Waals surface area contributed by atoms with Crippen LogP contribution in [-0.4, -0.2) is 26.9 Å². The van der Waals surface area contributed by atoms with E-state index in [1.807, 2.05) is 19.9 Å². The number of carbonyl (C=O) groups excluding carboxylic acids is 2. The zero-order valence-corrected chi connectivity index (χ0v) is 19.0. The van der Waals surface area contributed by atoms with Gasteiger partial charge >= 0.3 is 0 Å². The molecule has 32 heavy (non-hydrogen) atoms. The number of aryl methyl sites for hydroxylation is 1. The van der Waals surface area contributed by atoms with Gasteiger partial charge in [-0.1, -0.05) is 68.2 Å². The predicted octanol–water partition coefficient (Wildman–Crippen LogP) is 6.30. The standard InChI is InChI=1S/C15H14O3.C12H18O2/c1-9(2)7-8-12-13(16)10-5-3-4-6-11(10)14(17)15(12)18;1-2-3-4-5-6-10-7-8-11(13)9-12(10)14/h3-7,16H,8H2,1-2H3;7-9,13-14H,2-6H2,1H3. The number of rotatable bonds is 7. The second kappa shape index (κ2) is 11.9. The van der Waals surface area contributed by atoms with E-state index in [2.05, 4.69) is 6.92 Å². The minimum Gasteiger partial charge on any atom is -0.508 e. The number of ketones is 2. The van der Waals surface area contributed by atoms with E-state index < -0.39 is 11.6 Å². The van der Waals surface area contributed by atoms with Gasteiger partial charge in [0, 0.05) is 22.8 Å². The number of unbranched alkanes of at least 4 members (excludes halogenated alkanes) is 3. The van der Waals surface area contributed by atoms with E-state index in [4.69, 9.17) is 5.11 Å². The van der Waals surface area contributed by atoms with Gasteiger partial charge in [0.15, 0.2) is 0 Å².